The van der Waals surface area contributed by atoms with Gasteiger partial charge in [-0.05, 0) is 35.0 Å². The second kappa shape index (κ2) is 8.43. The van der Waals surface area contributed by atoms with Crippen LogP contribution in [-0.4, -0.2) is 49.5 Å². The first kappa shape index (κ1) is 20.2. The Labute approximate surface area is 186 Å². The molecular weight excluding hydrogens is 424 g/mol. The highest BCUT2D eigenvalue weighted by Gasteiger charge is 2.20. The Hall–Kier alpha value is -3.72. The van der Waals surface area contributed by atoms with Gasteiger partial charge in [-0.15, -0.1) is 0 Å². The zero-order valence-electron chi connectivity index (χ0n) is 17.3. The lowest BCUT2D eigenvalue weighted by Crippen LogP contribution is -2.47. The first-order chi connectivity index (χ1) is 15.6. The minimum atomic E-state index is -3.74. The van der Waals surface area contributed by atoms with Gasteiger partial charge in [-0.2, -0.15) is 0 Å². The Morgan fingerprint density at radius 3 is 2.16 bits per heavy atom. The molecule has 0 atom stereocenters. The van der Waals surface area contributed by atoms with E-state index >= 15 is 0 Å². The predicted octanol–water partition coefficient (Wildman–Crippen LogP) is 3.15. The van der Waals surface area contributed by atoms with Gasteiger partial charge in [0.15, 0.2) is 0 Å². The first-order valence-electron chi connectivity index (χ1n) is 10.3. The van der Waals surface area contributed by atoms with Gasteiger partial charge in [0.25, 0.3) is 10.0 Å². The molecule has 162 valence electrons. The molecule has 5 rings (SSSR count). The average molecular weight is 447 g/mol. The molecule has 9 heteroatoms. The van der Waals surface area contributed by atoms with E-state index in [0.717, 1.165) is 42.8 Å². The molecular formula is C23H22N6O2S. The SMILES string of the molecule is O=S(=O)(Nc1cnc(N2CCN(c3ccccn3)CC2)nc1)c1ccc2ccccc2c1. The number of aromatic nitrogens is 3. The van der Waals surface area contributed by atoms with Gasteiger partial charge in [-0.1, -0.05) is 36.4 Å². The van der Waals surface area contributed by atoms with E-state index < -0.39 is 10.0 Å². The number of hydrogen-bond donors (Lipinski definition) is 1. The van der Waals surface area contributed by atoms with Gasteiger partial charge in [-0.25, -0.2) is 23.4 Å². The lowest BCUT2D eigenvalue weighted by Gasteiger charge is -2.35. The van der Waals surface area contributed by atoms with Crippen molar-refractivity contribution >= 4 is 38.2 Å². The minimum Gasteiger partial charge on any atom is -0.353 e. The van der Waals surface area contributed by atoms with Gasteiger partial charge in [0.2, 0.25) is 5.95 Å². The summed E-state index contributed by atoms with van der Waals surface area (Å²) in [4.78, 5) is 17.7. The van der Waals surface area contributed by atoms with E-state index in [9.17, 15) is 8.42 Å². The van der Waals surface area contributed by atoms with Crippen molar-refractivity contribution in [3.05, 3.63) is 79.3 Å². The van der Waals surface area contributed by atoms with Crippen molar-refractivity contribution in [3.63, 3.8) is 0 Å². The van der Waals surface area contributed by atoms with E-state index in [1.807, 2.05) is 42.5 Å². The molecule has 0 spiro atoms. The number of benzene rings is 2. The Morgan fingerprint density at radius 1 is 0.750 bits per heavy atom. The van der Waals surface area contributed by atoms with Gasteiger partial charge in [0.05, 0.1) is 23.0 Å². The zero-order valence-corrected chi connectivity index (χ0v) is 18.1. The lowest BCUT2D eigenvalue weighted by atomic mass is 10.1. The Kier molecular flexibility index (Phi) is 5.32. The van der Waals surface area contributed by atoms with E-state index in [2.05, 4.69) is 29.5 Å². The molecule has 2 aromatic carbocycles. The maximum atomic E-state index is 12.8. The van der Waals surface area contributed by atoms with Crippen LogP contribution in [0.2, 0.25) is 0 Å². The average Bonchev–Trinajstić information content (AvgIpc) is 2.85. The Balaban J connectivity index is 1.25. The van der Waals surface area contributed by atoms with Gasteiger partial charge < -0.3 is 9.80 Å². The number of sulfonamides is 1. The van der Waals surface area contributed by atoms with Crippen molar-refractivity contribution in [3.8, 4) is 0 Å². The molecule has 1 aliphatic heterocycles. The lowest BCUT2D eigenvalue weighted by molar-refractivity contribution is 0.601. The van der Waals surface area contributed by atoms with E-state index in [1.54, 1.807) is 24.4 Å². The van der Waals surface area contributed by atoms with Crippen molar-refractivity contribution in [1.29, 1.82) is 0 Å². The quantitative estimate of drug-likeness (QED) is 0.503. The summed E-state index contributed by atoms with van der Waals surface area (Å²) < 4.78 is 28.2. The van der Waals surface area contributed by atoms with E-state index in [1.165, 1.54) is 12.4 Å². The Bertz CT molecular complexity index is 1320. The largest absolute Gasteiger partial charge is 0.353 e. The highest BCUT2D eigenvalue weighted by atomic mass is 32.2. The van der Waals surface area contributed by atoms with Crippen LogP contribution in [0.1, 0.15) is 0 Å². The third kappa shape index (κ3) is 4.19. The number of nitrogens with one attached hydrogen (secondary N) is 1. The second-order valence-electron chi connectivity index (χ2n) is 7.55. The normalized spacial score (nSPS) is 14.5. The molecule has 0 bridgehead atoms. The Morgan fingerprint density at radius 2 is 1.44 bits per heavy atom. The highest BCUT2D eigenvalue weighted by molar-refractivity contribution is 7.92. The van der Waals surface area contributed by atoms with Crippen molar-refractivity contribution in [2.24, 2.45) is 0 Å². The molecule has 0 amide bonds. The number of piperazine rings is 1. The molecule has 4 aromatic rings. The van der Waals surface area contributed by atoms with Crippen molar-refractivity contribution < 1.29 is 8.42 Å². The van der Waals surface area contributed by atoms with E-state index in [4.69, 9.17) is 0 Å². The molecule has 3 heterocycles. The summed E-state index contributed by atoms with van der Waals surface area (Å²) in [5, 5.41) is 1.86. The summed E-state index contributed by atoms with van der Waals surface area (Å²) in [5.74, 6) is 1.55. The molecule has 2 aromatic heterocycles. The van der Waals surface area contributed by atoms with Crippen LogP contribution >= 0.6 is 0 Å². The monoisotopic (exact) mass is 446 g/mol. The molecule has 1 aliphatic rings. The fourth-order valence-corrected chi connectivity index (χ4v) is 4.83. The van der Waals surface area contributed by atoms with Crippen LogP contribution < -0.4 is 14.5 Å². The molecule has 8 nitrogen and oxygen atoms in total. The number of nitrogens with zero attached hydrogens (tertiary/aromatic N) is 5. The molecule has 1 N–H and O–H groups in total. The van der Waals surface area contributed by atoms with Crippen LogP contribution in [0.4, 0.5) is 17.5 Å². The fourth-order valence-electron chi connectivity index (χ4n) is 3.76. The van der Waals surface area contributed by atoms with Crippen LogP contribution in [0.5, 0.6) is 0 Å². The summed E-state index contributed by atoms with van der Waals surface area (Å²) in [6.45, 7) is 3.16. The summed E-state index contributed by atoms with van der Waals surface area (Å²) in [7, 11) is -3.74. The van der Waals surface area contributed by atoms with Gasteiger partial charge in [-0.3, -0.25) is 4.72 Å². The van der Waals surface area contributed by atoms with E-state index in [-0.39, 0.29) is 4.90 Å². The number of pyridine rings is 1. The van der Waals surface area contributed by atoms with Crippen molar-refractivity contribution in [2.45, 2.75) is 4.90 Å². The van der Waals surface area contributed by atoms with Crippen LogP contribution in [0, 0.1) is 0 Å². The van der Waals surface area contributed by atoms with Crippen LogP contribution in [0.15, 0.2) is 84.1 Å². The fraction of sp³-hybridized carbons (Fsp3) is 0.174. The summed E-state index contributed by atoms with van der Waals surface area (Å²) in [6, 6.07) is 18.6. The molecule has 0 radical (unpaired) electrons. The zero-order chi connectivity index (χ0) is 22.0. The topological polar surface area (TPSA) is 91.3 Å². The summed E-state index contributed by atoms with van der Waals surface area (Å²) in [5.41, 5.74) is 0.328. The molecule has 0 unspecified atom stereocenters. The van der Waals surface area contributed by atoms with Crippen LogP contribution in [-0.2, 0) is 10.0 Å². The van der Waals surface area contributed by atoms with Crippen LogP contribution in [0.25, 0.3) is 10.8 Å². The summed E-state index contributed by atoms with van der Waals surface area (Å²) >= 11 is 0. The highest BCUT2D eigenvalue weighted by Crippen LogP contribution is 2.22. The van der Waals surface area contributed by atoms with E-state index in [0.29, 0.717) is 11.6 Å². The van der Waals surface area contributed by atoms with Gasteiger partial charge in [0.1, 0.15) is 5.82 Å². The smallest absolute Gasteiger partial charge is 0.262 e. The number of fused-ring (bicyclic) bond motifs is 1. The molecule has 32 heavy (non-hydrogen) atoms. The van der Waals surface area contributed by atoms with Gasteiger partial charge in [0, 0.05) is 32.4 Å². The number of hydrogen-bond acceptors (Lipinski definition) is 7. The summed E-state index contributed by atoms with van der Waals surface area (Å²) in [6.07, 6.45) is 4.81. The predicted molar refractivity (Wildman–Crippen MR) is 125 cm³/mol. The third-order valence-electron chi connectivity index (χ3n) is 5.46. The second-order valence-corrected chi connectivity index (χ2v) is 9.23. The number of rotatable bonds is 5. The van der Waals surface area contributed by atoms with Crippen molar-refractivity contribution in [2.75, 3.05) is 40.7 Å². The third-order valence-corrected chi connectivity index (χ3v) is 6.84. The molecule has 1 fully saturated rings. The maximum absolute atomic E-state index is 12.8. The molecule has 1 saturated heterocycles. The van der Waals surface area contributed by atoms with Crippen LogP contribution in [0.3, 0.4) is 0 Å². The first-order valence-corrected chi connectivity index (χ1v) is 11.8. The van der Waals surface area contributed by atoms with Crippen molar-refractivity contribution in [1.82, 2.24) is 15.0 Å². The molecule has 0 saturated carbocycles. The molecule has 0 aliphatic carbocycles. The standard InChI is InChI=1S/C23H22N6O2S/c30-32(31,21-9-8-18-5-1-2-6-19(18)15-21)27-20-16-25-23(26-17-20)29-13-11-28(12-14-29)22-7-3-4-10-24-22/h1-10,15-17,27H,11-14H2. The number of anilines is 3. The minimum absolute atomic E-state index is 0.200. The van der Waals surface area contributed by atoms with Gasteiger partial charge >= 0.3 is 0 Å². The maximum Gasteiger partial charge on any atom is 0.262 e.